The molecule has 96 valence electrons. The lowest BCUT2D eigenvalue weighted by Crippen LogP contribution is -1.98. The molecule has 0 spiro atoms. The van der Waals surface area contributed by atoms with Gasteiger partial charge in [-0.3, -0.25) is 0 Å². The van der Waals surface area contributed by atoms with E-state index in [2.05, 4.69) is 0 Å². The normalized spacial score (nSPS) is 10.7. The third-order valence-corrected chi connectivity index (χ3v) is 3.86. The predicted molar refractivity (Wildman–Crippen MR) is 72.4 cm³/mol. The quantitative estimate of drug-likeness (QED) is 0.917. The number of benzene rings is 1. The Morgan fingerprint density at radius 1 is 1.28 bits per heavy atom. The van der Waals surface area contributed by atoms with Crippen molar-refractivity contribution < 1.29 is 9.13 Å². The summed E-state index contributed by atoms with van der Waals surface area (Å²) in [6.07, 6.45) is 0. The first-order valence-electron chi connectivity index (χ1n) is 5.77. The van der Waals surface area contributed by atoms with Gasteiger partial charge in [-0.25, -0.2) is 4.39 Å². The summed E-state index contributed by atoms with van der Waals surface area (Å²) in [6.45, 7) is 4.84. The molecule has 0 saturated heterocycles. The van der Waals surface area contributed by atoms with Gasteiger partial charge in [0.25, 0.3) is 0 Å². The van der Waals surface area contributed by atoms with E-state index in [-0.39, 0.29) is 5.82 Å². The molecule has 0 aliphatic rings. The number of hydrogen-bond donors (Lipinski definition) is 1. The Morgan fingerprint density at radius 3 is 2.72 bits per heavy atom. The molecule has 0 bridgehead atoms. The highest BCUT2D eigenvalue weighted by molar-refractivity contribution is 7.12. The van der Waals surface area contributed by atoms with Gasteiger partial charge in [-0.15, -0.1) is 11.3 Å². The van der Waals surface area contributed by atoms with Gasteiger partial charge >= 0.3 is 0 Å². The zero-order chi connectivity index (χ0) is 13.1. The van der Waals surface area contributed by atoms with Gasteiger partial charge in [-0.1, -0.05) is 6.07 Å². The van der Waals surface area contributed by atoms with E-state index in [1.165, 1.54) is 10.9 Å². The van der Waals surface area contributed by atoms with E-state index in [1.807, 2.05) is 19.9 Å². The zero-order valence-electron chi connectivity index (χ0n) is 10.5. The fraction of sp³-hybridized carbons (Fsp3) is 0.286. The second kappa shape index (κ2) is 5.50. The highest BCUT2D eigenvalue weighted by Crippen LogP contribution is 2.24. The minimum absolute atomic E-state index is 0.301. The van der Waals surface area contributed by atoms with Crippen molar-refractivity contribution >= 4 is 11.3 Å². The minimum Gasteiger partial charge on any atom is -0.486 e. The number of aryl methyl sites for hydroxylation is 2. The molecule has 0 aliphatic carbocycles. The van der Waals surface area contributed by atoms with Gasteiger partial charge in [-0.2, -0.15) is 0 Å². The number of hydrogen-bond acceptors (Lipinski definition) is 3. The van der Waals surface area contributed by atoms with Crippen LogP contribution in [0.25, 0.3) is 0 Å². The summed E-state index contributed by atoms with van der Waals surface area (Å²) >= 11 is 1.66. The van der Waals surface area contributed by atoms with E-state index < -0.39 is 0 Å². The monoisotopic (exact) mass is 265 g/mol. The maximum Gasteiger partial charge on any atom is 0.165 e. The van der Waals surface area contributed by atoms with Crippen molar-refractivity contribution in [1.29, 1.82) is 0 Å². The lowest BCUT2D eigenvalue weighted by Gasteiger charge is -2.07. The molecule has 0 amide bonds. The smallest absolute Gasteiger partial charge is 0.165 e. The molecular weight excluding hydrogens is 249 g/mol. The van der Waals surface area contributed by atoms with E-state index in [0.29, 0.717) is 18.9 Å². The first-order chi connectivity index (χ1) is 8.60. The summed E-state index contributed by atoms with van der Waals surface area (Å²) < 4.78 is 19.0. The Morgan fingerprint density at radius 2 is 2.06 bits per heavy atom. The molecule has 0 fully saturated rings. The third-order valence-electron chi connectivity index (χ3n) is 2.74. The Kier molecular flexibility index (Phi) is 3.99. The van der Waals surface area contributed by atoms with Crippen molar-refractivity contribution in [3.05, 3.63) is 51.0 Å². The molecule has 1 heterocycles. The van der Waals surface area contributed by atoms with Gasteiger partial charge in [0, 0.05) is 21.9 Å². The molecule has 2 rings (SSSR count). The van der Waals surface area contributed by atoms with Crippen molar-refractivity contribution in [3.8, 4) is 5.75 Å². The molecule has 0 radical (unpaired) electrons. The molecule has 0 unspecified atom stereocenters. The molecule has 1 aromatic heterocycles. The van der Waals surface area contributed by atoms with E-state index in [4.69, 9.17) is 10.5 Å². The van der Waals surface area contributed by atoms with Gasteiger partial charge in [0.1, 0.15) is 6.61 Å². The van der Waals surface area contributed by atoms with Gasteiger partial charge < -0.3 is 10.5 Å². The van der Waals surface area contributed by atoms with Crippen LogP contribution in [0.5, 0.6) is 5.75 Å². The fourth-order valence-electron chi connectivity index (χ4n) is 1.71. The molecule has 2 N–H and O–H groups in total. The first kappa shape index (κ1) is 13.1. The zero-order valence-corrected chi connectivity index (χ0v) is 11.3. The Balaban J connectivity index is 2.11. The predicted octanol–water partition coefficient (Wildman–Crippen LogP) is 3.54. The first-order valence-corrected chi connectivity index (χ1v) is 6.59. The van der Waals surface area contributed by atoms with Crippen molar-refractivity contribution in [2.24, 2.45) is 5.73 Å². The molecule has 0 aliphatic heterocycles. The molecule has 2 aromatic rings. The summed E-state index contributed by atoms with van der Waals surface area (Å²) in [5.41, 5.74) is 7.65. The number of halogens is 1. The maximum absolute atomic E-state index is 13.5. The fourth-order valence-corrected chi connectivity index (χ4v) is 2.63. The van der Waals surface area contributed by atoms with Crippen LogP contribution in [-0.4, -0.2) is 0 Å². The number of ether oxygens (including phenoxy) is 1. The van der Waals surface area contributed by atoms with Gasteiger partial charge in [-0.05, 0) is 37.6 Å². The topological polar surface area (TPSA) is 35.2 Å². The van der Waals surface area contributed by atoms with Crippen molar-refractivity contribution in [2.45, 2.75) is 27.0 Å². The minimum atomic E-state index is -0.326. The van der Waals surface area contributed by atoms with Crippen LogP contribution in [0, 0.1) is 19.7 Å². The van der Waals surface area contributed by atoms with Crippen molar-refractivity contribution in [1.82, 2.24) is 0 Å². The van der Waals surface area contributed by atoms with E-state index >= 15 is 0 Å². The van der Waals surface area contributed by atoms with Crippen molar-refractivity contribution in [2.75, 3.05) is 0 Å². The molecule has 0 saturated carbocycles. The summed E-state index contributed by atoms with van der Waals surface area (Å²) in [6, 6.07) is 6.88. The van der Waals surface area contributed by atoms with Crippen LogP contribution < -0.4 is 10.5 Å². The molecule has 1 aromatic carbocycles. The highest BCUT2D eigenvalue weighted by atomic mass is 32.1. The van der Waals surface area contributed by atoms with Crippen LogP contribution in [0.15, 0.2) is 24.3 Å². The summed E-state index contributed by atoms with van der Waals surface area (Å²) in [4.78, 5) is 2.29. The average Bonchev–Trinajstić information content (AvgIpc) is 2.71. The molecule has 0 atom stereocenters. The molecular formula is C14H16FNOS. The van der Waals surface area contributed by atoms with E-state index in [9.17, 15) is 4.39 Å². The standard InChI is InChI=1S/C14H16FNOS/c1-9-3-4-13(15)14(5-9)17-8-11-6-12(7-16)18-10(11)2/h3-6H,7-8,16H2,1-2H3. The van der Waals surface area contributed by atoms with Gasteiger partial charge in [0.2, 0.25) is 0 Å². The Hall–Kier alpha value is -1.39. The van der Waals surface area contributed by atoms with Crippen LogP contribution in [-0.2, 0) is 13.2 Å². The SMILES string of the molecule is Cc1ccc(F)c(OCc2cc(CN)sc2C)c1. The molecule has 4 heteroatoms. The van der Waals surface area contributed by atoms with Crippen LogP contribution in [0.2, 0.25) is 0 Å². The Labute approximate surface area is 110 Å². The molecule has 2 nitrogen and oxygen atoms in total. The molecule has 18 heavy (non-hydrogen) atoms. The van der Waals surface area contributed by atoms with Crippen LogP contribution in [0.1, 0.15) is 20.9 Å². The largest absolute Gasteiger partial charge is 0.486 e. The summed E-state index contributed by atoms with van der Waals surface area (Å²) in [5, 5.41) is 0. The van der Waals surface area contributed by atoms with E-state index in [1.54, 1.807) is 23.5 Å². The van der Waals surface area contributed by atoms with Gasteiger partial charge in [0.15, 0.2) is 11.6 Å². The number of rotatable bonds is 4. The lowest BCUT2D eigenvalue weighted by molar-refractivity contribution is 0.290. The van der Waals surface area contributed by atoms with Crippen molar-refractivity contribution in [3.63, 3.8) is 0 Å². The van der Waals surface area contributed by atoms with Crippen LogP contribution in [0.3, 0.4) is 0 Å². The van der Waals surface area contributed by atoms with Crippen LogP contribution in [0.4, 0.5) is 4.39 Å². The summed E-state index contributed by atoms with van der Waals surface area (Å²) in [7, 11) is 0. The lowest BCUT2D eigenvalue weighted by atomic mass is 10.2. The summed E-state index contributed by atoms with van der Waals surface area (Å²) in [5.74, 6) is -0.0255. The van der Waals surface area contributed by atoms with E-state index in [0.717, 1.165) is 16.0 Å². The number of nitrogens with two attached hydrogens (primary N) is 1. The Bertz CT molecular complexity index is 551. The average molecular weight is 265 g/mol. The third kappa shape index (κ3) is 2.89. The number of thiophene rings is 1. The van der Waals surface area contributed by atoms with Crippen LogP contribution >= 0.6 is 11.3 Å². The maximum atomic E-state index is 13.5. The highest BCUT2D eigenvalue weighted by Gasteiger charge is 2.08. The second-order valence-corrected chi connectivity index (χ2v) is 5.56. The van der Waals surface area contributed by atoms with Gasteiger partial charge in [0.05, 0.1) is 0 Å². The second-order valence-electron chi connectivity index (χ2n) is 4.22.